The molecule has 0 aromatic heterocycles. The third-order valence-corrected chi connectivity index (χ3v) is 9.46. The van der Waals surface area contributed by atoms with E-state index in [4.69, 9.17) is 14.2 Å². The molecule has 0 aromatic carbocycles. The smallest absolute Gasteiger partial charge is 0.171 e. The molecule has 1 saturated heterocycles. The molecule has 29 heavy (non-hydrogen) atoms. The van der Waals surface area contributed by atoms with Gasteiger partial charge in [-0.25, -0.2) is 0 Å². The predicted octanol–water partition coefficient (Wildman–Crippen LogP) is 4.69. The highest BCUT2D eigenvalue weighted by Crippen LogP contribution is 2.65. The van der Waals surface area contributed by atoms with Gasteiger partial charge in [0.05, 0.1) is 18.8 Å². The highest BCUT2D eigenvalue weighted by molar-refractivity contribution is 5.80. The van der Waals surface area contributed by atoms with Crippen molar-refractivity contribution in [1.82, 2.24) is 0 Å². The van der Waals surface area contributed by atoms with Crippen molar-refractivity contribution in [2.75, 3.05) is 20.3 Å². The molecule has 0 aromatic rings. The minimum Gasteiger partial charge on any atom is -0.377 e. The molecule has 1 spiro atoms. The van der Waals surface area contributed by atoms with Gasteiger partial charge in [0.15, 0.2) is 5.79 Å². The standard InChI is InChI=1S/C25H36O4/c1-5-17-14-21-19-7-10-24(27-4)15-25(28-12-13-29-25)11-8-20(24)18(19)6-9-23(21,3)22(17)16(2)26/h5-6,17,19-22H,1,7-15H2,2-4H3/t17-,19?,20?,21?,22?,23+,24?/m1/s1. The zero-order valence-corrected chi connectivity index (χ0v) is 18.2. The van der Waals surface area contributed by atoms with Crippen LogP contribution in [0.3, 0.4) is 0 Å². The van der Waals surface area contributed by atoms with Crippen LogP contribution in [0.25, 0.3) is 0 Å². The number of methoxy groups -OCH3 is 1. The molecule has 4 aliphatic carbocycles. The van der Waals surface area contributed by atoms with E-state index in [2.05, 4.69) is 25.7 Å². The van der Waals surface area contributed by atoms with Gasteiger partial charge >= 0.3 is 0 Å². The van der Waals surface area contributed by atoms with E-state index in [-0.39, 0.29) is 16.9 Å². The Hall–Kier alpha value is -0.970. The summed E-state index contributed by atoms with van der Waals surface area (Å²) in [5, 5.41) is 0. The molecule has 5 rings (SSSR count). The Kier molecular flexibility index (Phi) is 4.66. The van der Waals surface area contributed by atoms with Crippen LogP contribution in [0.2, 0.25) is 0 Å². The predicted molar refractivity (Wildman–Crippen MR) is 111 cm³/mol. The third kappa shape index (κ3) is 2.71. The molecule has 1 aliphatic heterocycles. The summed E-state index contributed by atoms with van der Waals surface area (Å²) in [7, 11) is 1.88. The van der Waals surface area contributed by atoms with Gasteiger partial charge in [0, 0.05) is 31.8 Å². The van der Waals surface area contributed by atoms with Gasteiger partial charge in [0.25, 0.3) is 0 Å². The first-order valence-corrected chi connectivity index (χ1v) is 11.5. The van der Waals surface area contributed by atoms with Gasteiger partial charge < -0.3 is 14.2 Å². The molecule has 4 fully saturated rings. The van der Waals surface area contributed by atoms with E-state index in [0.29, 0.717) is 42.7 Å². The first-order valence-electron chi connectivity index (χ1n) is 11.5. The highest BCUT2D eigenvalue weighted by Gasteiger charge is 2.62. The lowest BCUT2D eigenvalue weighted by Crippen LogP contribution is -2.57. The Balaban J connectivity index is 1.48. The van der Waals surface area contributed by atoms with Crippen molar-refractivity contribution in [1.29, 1.82) is 0 Å². The van der Waals surface area contributed by atoms with Crippen molar-refractivity contribution < 1.29 is 19.0 Å². The molecule has 5 unspecified atom stereocenters. The van der Waals surface area contributed by atoms with E-state index < -0.39 is 5.79 Å². The first-order chi connectivity index (χ1) is 13.9. The van der Waals surface area contributed by atoms with Gasteiger partial charge in [-0.05, 0) is 62.2 Å². The lowest BCUT2D eigenvalue weighted by atomic mass is 9.52. The van der Waals surface area contributed by atoms with Gasteiger partial charge in [-0.3, -0.25) is 4.79 Å². The fraction of sp³-hybridized carbons (Fsp3) is 0.800. The Bertz CT molecular complexity index is 735. The van der Waals surface area contributed by atoms with Crippen molar-refractivity contribution in [3.8, 4) is 0 Å². The Morgan fingerprint density at radius 3 is 2.69 bits per heavy atom. The minimum atomic E-state index is -0.426. The average molecular weight is 401 g/mol. The van der Waals surface area contributed by atoms with Crippen molar-refractivity contribution >= 4 is 5.78 Å². The maximum Gasteiger partial charge on any atom is 0.171 e. The number of allylic oxidation sites excluding steroid dienone is 2. The number of carbonyl (C=O) groups is 1. The summed E-state index contributed by atoms with van der Waals surface area (Å²) in [4.78, 5) is 12.6. The number of ketones is 1. The molecule has 0 radical (unpaired) electrons. The molecule has 0 N–H and O–H groups in total. The van der Waals surface area contributed by atoms with Crippen LogP contribution in [-0.4, -0.2) is 37.5 Å². The SMILES string of the molecule is C=C[C@@H]1CC2C3CCC4(OC)CC5(CCC4C3=CC[C@]2(C)C1C(C)=O)OCCO5. The summed E-state index contributed by atoms with van der Waals surface area (Å²) in [5.41, 5.74) is 1.51. The second-order valence-corrected chi connectivity index (χ2v) is 10.5. The molecule has 160 valence electrons. The van der Waals surface area contributed by atoms with Crippen LogP contribution >= 0.6 is 0 Å². The zero-order chi connectivity index (χ0) is 20.4. The van der Waals surface area contributed by atoms with E-state index in [1.54, 1.807) is 12.5 Å². The highest BCUT2D eigenvalue weighted by atomic mass is 16.7. The maximum atomic E-state index is 12.6. The number of carbonyl (C=O) groups excluding carboxylic acids is 1. The number of Topliss-reactive ketones (excluding diaryl/α,β-unsaturated/α-hetero) is 1. The Labute approximate surface area is 175 Å². The monoisotopic (exact) mass is 400 g/mol. The summed E-state index contributed by atoms with van der Waals surface area (Å²) in [6.45, 7) is 9.64. The van der Waals surface area contributed by atoms with E-state index >= 15 is 0 Å². The minimum absolute atomic E-state index is 0.0689. The molecule has 4 nitrogen and oxygen atoms in total. The molecule has 5 aliphatic rings. The summed E-state index contributed by atoms with van der Waals surface area (Å²) in [5.74, 6) is 1.95. The number of ether oxygens (including phenoxy) is 3. The van der Waals surface area contributed by atoms with Crippen molar-refractivity contribution in [3.63, 3.8) is 0 Å². The maximum absolute atomic E-state index is 12.6. The summed E-state index contributed by atoms with van der Waals surface area (Å²) < 4.78 is 18.4. The van der Waals surface area contributed by atoms with Crippen LogP contribution in [0.4, 0.5) is 0 Å². The fourth-order valence-electron chi connectivity index (χ4n) is 8.30. The van der Waals surface area contributed by atoms with Crippen molar-refractivity contribution in [3.05, 3.63) is 24.3 Å². The van der Waals surface area contributed by atoms with Gasteiger partial charge in [-0.15, -0.1) is 6.58 Å². The normalized spacial score (nSPS) is 47.8. The average Bonchev–Trinajstić information content (AvgIpc) is 3.28. The summed E-state index contributed by atoms with van der Waals surface area (Å²) >= 11 is 0. The van der Waals surface area contributed by atoms with E-state index in [0.717, 1.165) is 44.9 Å². The third-order valence-electron chi connectivity index (χ3n) is 9.46. The molecular formula is C25H36O4. The molecule has 0 amide bonds. The first kappa shape index (κ1) is 20.0. The van der Waals surface area contributed by atoms with Crippen molar-refractivity contribution in [2.24, 2.45) is 35.0 Å². The van der Waals surface area contributed by atoms with Gasteiger partial charge in [0.2, 0.25) is 0 Å². The fourth-order valence-corrected chi connectivity index (χ4v) is 8.30. The van der Waals surface area contributed by atoms with Crippen LogP contribution in [0.15, 0.2) is 24.3 Å². The van der Waals surface area contributed by atoms with E-state index in [1.165, 1.54) is 0 Å². The topological polar surface area (TPSA) is 44.8 Å². The molecular weight excluding hydrogens is 364 g/mol. The molecule has 4 heteroatoms. The largest absolute Gasteiger partial charge is 0.377 e. The Morgan fingerprint density at radius 1 is 1.28 bits per heavy atom. The quantitative estimate of drug-likeness (QED) is 0.645. The van der Waals surface area contributed by atoms with Crippen LogP contribution in [-0.2, 0) is 19.0 Å². The van der Waals surface area contributed by atoms with E-state index in [1.807, 2.05) is 7.11 Å². The van der Waals surface area contributed by atoms with Crippen LogP contribution in [0.5, 0.6) is 0 Å². The molecule has 7 atom stereocenters. The van der Waals surface area contributed by atoms with Crippen LogP contribution in [0, 0.1) is 35.0 Å². The van der Waals surface area contributed by atoms with Crippen LogP contribution < -0.4 is 0 Å². The number of fused-ring (bicyclic) bond motifs is 5. The van der Waals surface area contributed by atoms with Gasteiger partial charge in [0.1, 0.15) is 5.78 Å². The van der Waals surface area contributed by atoms with E-state index in [9.17, 15) is 4.79 Å². The molecule has 3 saturated carbocycles. The number of hydrogen-bond donors (Lipinski definition) is 0. The van der Waals surface area contributed by atoms with Crippen LogP contribution in [0.1, 0.15) is 58.8 Å². The summed E-state index contributed by atoms with van der Waals surface area (Å²) in [6.07, 6.45) is 11.7. The van der Waals surface area contributed by atoms with Gasteiger partial charge in [-0.2, -0.15) is 0 Å². The summed E-state index contributed by atoms with van der Waals surface area (Å²) in [6, 6.07) is 0. The van der Waals surface area contributed by atoms with Gasteiger partial charge in [-0.1, -0.05) is 24.6 Å². The second kappa shape index (κ2) is 6.77. The second-order valence-electron chi connectivity index (χ2n) is 10.5. The number of hydrogen-bond acceptors (Lipinski definition) is 4. The Morgan fingerprint density at radius 2 is 2.03 bits per heavy atom. The number of rotatable bonds is 3. The molecule has 0 bridgehead atoms. The lowest BCUT2D eigenvalue weighted by molar-refractivity contribution is -0.242. The lowest BCUT2D eigenvalue weighted by Gasteiger charge is -2.57. The zero-order valence-electron chi connectivity index (χ0n) is 18.2. The van der Waals surface area contributed by atoms with Crippen molar-refractivity contribution in [2.45, 2.75) is 70.2 Å². The molecule has 1 heterocycles.